The molecule has 2 aromatic rings. The van der Waals surface area contributed by atoms with Crippen molar-refractivity contribution in [3.05, 3.63) is 42.0 Å². The first-order chi connectivity index (χ1) is 12.6. The Labute approximate surface area is 151 Å². The molecule has 0 aliphatic carbocycles. The minimum atomic E-state index is -0.487. The maximum Gasteiger partial charge on any atom is 0.240 e. The zero-order valence-corrected chi connectivity index (χ0v) is 14.4. The molecule has 0 unspecified atom stereocenters. The van der Waals surface area contributed by atoms with Gasteiger partial charge < -0.3 is 4.74 Å². The molecule has 2 bridgehead atoms. The highest BCUT2D eigenvalue weighted by molar-refractivity contribution is 6.26. The number of rotatable bonds is 2. The minimum Gasteiger partial charge on any atom is -0.370 e. The number of nitrogens with zero attached hydrogens (tertiary/aromatic N) is 2. The van der Waals surface area contributed by atoms with Crippen LogP contribution >= 0.6 is 0 Å². The Hall–Kier alpha value is -2.71. The van der Waals surface area contributed by atoms with Gasteiger partial charge in [0.25, 0.3) is 0 Å². The van der Waals surface area contributed by atoms with Gasteiger partial charge in [0.15, 0.2) is 0 Å². The van der Waals surface area contributed by atoms with Crippen molar-refractivity contribution in [3.63, 3.8) is 0 Å². The summed E-state index contributed by atoms with van der Waals surface area (Å²) in [6, 6.07) is 13.0. The number of imide groups is 1. The number of carbonyl (C=O) groups is 2. The first-order valence-corrected chi connectivity index (χ1v) is 9.09. The van der Waals surface area contributed by atoms with Crippen molar-refractivity contribution < 1.29 is 14.3 Å². The number of amides is 2. The van der Waals surface area contributed by atoms with Crippen LogP contribution < -0.4 is 4.90 Å². The van der Waals surface area contributed by atoms with E-state index < -0.39 is 5.60 Å². The Morgan fingerprint density at radius 1 is 1.19 bits per heavy atom. The van der Waals surface area contributed by atoms with Crippen molar-refractivity contribution in [1.29, 1.82) is 5.26 Å². The van der Waals surface area contributed by atoms with Crippen LogP contribution in [0.15, 0.2) is 36.4 Å². The summed E-state index contributed by atoms with van der Waals surface area (Å²) in [6.45, 7) is 2.03. The molecule has 0 saturated carbocycles. The normalized spacial score (nSPS) is 32.3. The fourth-order valence-electron chi connectivity index (χ4n) is 5.20. The van der Waals surface area contributed by atoms with Crippen LogP contribution in [0.3, 0.4) is 0 Å². The molecule has 3 heterocycles. The lowest BCUT2D eigenvalue weighted by molar-refractivity contribution is -0.127. The predicted octanol–water partition coefficient (Wildman–Crippen LogP) is 3.16. The number of hydrogen-bond donors (Lipinski definition) is 0. The lowest BCUT2D eigenvalue weighted by Gasteiger charge is -2.29. The summed E-state index contributed by atoms with van der Waals surface area (Å²) in [5, 5.41) is 10.9. The fourth-order valence-corrected chi connectivity index (χ4v) is 5.20. The third kappa shape index (κ3) is 1.72. The smallest absolute Gasteiger partial charge is 0.240 e. The van der Waals surface area contributed by atoms with E-state index in [9.17, 15) is 14.9 Å². The molecule has 26 heavy (non-hydrogen) atoms. The van der Waals surface area contributed by atoms with E-state index in [0.717, 1.165) is 30.0 Å². The van der Waals surface area contributed by atoms with E-state index >= 15 is 0 Å². The third-order valence-corrected chi connectivity index (χ3v) is 6.42. The van der Waals surface area contributed by atoms with Crippen LogP contribution in [0.1, 0.15) is 31.7 Å². The summed E-state index contributed by atoms with van der Waals surface area (Å²) in [4.78, 5) is 27.9. The van der Waals surface area contributed by atoms with Gasteiger partial charge in [-0.1, -0.05) is 31.2 Å². The van der Waals surface area contributed by atoms with E-state index in [1.807, 2.05) is 31.2 Å². The lowest BCUT2D eigenvalue weighted by atomic mass is 9.72. The highest BCUT2D eigenvalue weighted by Crippen LogP contribution is 2.57. The van der Waals surface area contributed by atoms with Crippen LogP contribution in [0.2, 0.25) is 0 Å². The molecule has 4 atom stereocenters. The maximum atomic E-state index is 13.3. The molecule has 130 valence electrons. The van der Waals surface area contributed by atoms with Gasteiger partial charge in [-0.25, -0.2) is 4.90 Å². The SMILES string of the molecule is CC[C@]12CC[C@H](O1)[C@@H]1C(=O)N(c3ccc(C#N)c4ccccc34)C(=O)[C@@H]12. The Balaban J connectivity index is 1.67. The number of ether oxygens (including phenoxy) is 1. The Kier molecular flexibility index (Phi) is 3.08. The molecule has 3 fully saturated rings. The summed E-state index contributed by atoms with van der Waals surface area (Å²) < 4.78 is 6.11. The van der Waals surface area contributed by atoms with E-state index in [1.54, 1.807) is 12.1 Å². The van der Waals surface area contributed by atoms with Crippen molar-refractivity contribution in [3.8, 4) is 6.07 Å². The topological polar surface area (TPSA) is 70.4 Å². The number of anilines is 1. The molecule has 5 heteroatoms. The summed E-state index contributed by atoms with van der Waals surface area (Å²) in [6.07, 6.45) is 2.28. The number of carbonyl (C=O) groups excluding carboxylic acids is 2. The molecule has 0 spiro atoms. The van der Waals surface area contributed by atoms with Crippen LogP contribution in [0.5, 0.6) is 0 Å². The molecule has 0 aromatic heterocycles. The van der Waals surface area contributed by atoms with Crippen molar-refractivity contribution in [2.24, 2.45) is 11.8 Å². The van der Waals surface area contributed by atoms with Crippen LogP contribution in [-0.2, 0) is 14.3 Å². The molecule has 2 amide bonds. The van der Waals surface area contributed by atoms with Crippen LogP contribution in [-0.4, -0.2) is 23.5 Å². The van der Waals surface area contributed by atoms with Gasteiger partial charge in [0.2, 0.25) is 11.8 Å². The van der Waals surface area contributed by atoms with E-state index in [1.165, 1.54) is 4.90 Å². The lowest BCUT2D eigenvalue weighted by Crippen LogP contribution is -2.41. The Bertz CT molecular complexity index is 1010. The molecule has 5 nitrogen and oxygen atoms in total. The van der Waals surface area contributed by atoms with Gasteiger partial charge >= 0.3 is 0 Å². The first kappa shape index (κ1) is 15.5. The van der Waals surface area contributed by atoms with Gasteiger partial charge in [-0.3, -0.25) is 9.59 Å². The molecule has 0 N–H and O–H groups in total. The van der Waals surface area contributed by atoms with Gasteiger partial charge in [-0.05, 0) is 31.4 Å². The molecule has 5 rings (SSSR count). The third-order valence-electron chi connectivity index (χ3n) is 6.42. The highest BCUT2D eigenvalue weighted by Gasteiger charge is 2.68. The van der Waals surface area contributed by atoms with Crippen molar-refractivity contribution in [1.82, 2.24) is 0 Å². The summed E-state index contributed by atoms with van der Waals surface area (Å²) >= 11 is 0. The van der Waals surface area contributed by atoms with Crippen molar-refractivity contribution in [2.75, 3.05) is 4.90 Å². The monoisotopic (exact) mass is 346 g/mol. The molecular weight excluding hydrogens is 328 g/mol. The predicted molar refractivity (Wildman–Crippen MR) is 95.3 cm³/mol. The van der Waals surface area contributed by atoms with Gasteiger partial charge in [0.1, 0.15) is 0 Å². The Morgan fingerprint density at radius 3 is 2.69 bits per heavy atom. The zero-order valence-electron chi connectivity index (χ0n) is 14.4. The quantitative estimate of drug-likeness (QED) is 0.783. The second kappa shape index (κ2) is 5.15. The number of fused-ring (bicyclic) bond motifs is 6. The largest absolute Gasteiger partial charge is 0.370 e. The molecule has 3 saturated heterocycles. The van der Waals surface area contributed by atoms with Gasteiger partial charge in [-0.15, -0.1) is 0 Å². The summed E-state index contributed by atoms with van der Waals surface area (Å²) in [7, 11) is 0. The standard InChI is InChI=1S/C21H18N2O3/c1-2-21-10-9-16(26-21)17-18(21)20(25)23(19(17)24)15-8-7-12(11-22)13-5-3-4-6-14(13)15/h3-8,16-18H,2,9-10H2,1H3/t16-,17-,18+,21+/m0/s1. The second-order valence-corrected chi connectivity index (χ2v) is 7.42. The average Bonchev–Trinajstić information content (AvgIpc) is 3.32. The molecule has 2 aromatic carbocycles. The van der Waals surface area contributed by atoms with E-state index in [2.05, 4.69) is 6.07 Å². The first-order valence-electron chi connectivity index (χ1n) is 9.09. The van der Waals surface area contributed by atoms with Crippen molar-refractivity contribution in [2.45, 2.75) is 37.9 Å². The van der Waals surface area contributed by atoms with Gasteiger partial charge in [0, 0.05) is 10.8 Å². The molecule has 3 aliphatic rings. The fraction of sp³-hybridized carbons (Fsp3) is 0.381. The van der Waals surface area contributed by atoms with Crippen LogP contribution in [0.25, 0.3) is 10.8 Å². The van der Waals surface area contributed by atoms with E-state index in [4.69, 9.17) is 4.74 Å². The van der Waals surface area contributed by atoms with Gasteiger partial charge in [0.05, 0.1) is 40.9 Å². The summed E-state index contributed by atoms with van der Waals surface area (Å²) in [5.74, 6) is -1.06. The number of nitriles is 1. The van der Waals surface area contributed by atoms with Gasteiger partial charge in [-0.2, -0.15) is 5.26 Å². The van der Waals surface area contributed by atoms with Crippen molar-refractivity contribution >= 4 is 28.3 Å². The van der Waals surface area contributed by atoms with Crippen LogP contribution in [0, 0.1) is 23.2 Å². The Morgan fingerprint density at radius 2 is 1.96 bits per heavy atom. The second-order valence-electron chi connectivity index (χ2n) is 7.42. The highest BCUT2D eigenvalue weighted by atomic mass is 16.5. The maximum absolute atomic E-state index is 13.3. The number of benzene rings is 2. The average molecular weight is 346 g/mol. The van der Waals surface area contributed by atoms with E-state index in [-0.39, 0.29) is 29.8 Å². The molecule has 3 aliphatic heterocycles. The molecular formula is C21H18N2O3. The molecule has 0 radical (unpaired) electrons. The van der Waals surface area contributed by atoms with Crippen LogP contribution in [0.4, 0.5) is 5.69 Å². The minimum absolute atomic E-state index is 0.147. The van der Waals surface area contributed by atoms with E-state index in [0.29, 0.717) is 11.3 Å². The summed E-state index contributed by atoms with van der Waals surface area (Å²) in [5.41, 5.74) is 0.630. The number of hydrogen-bond acceptors (Lipinski definition) is 4. The zero-order chi connectivity index (χ0) is 18.1.